The number of para-hydroxylation sites is 1. The molecule has 3 aromatic rings. The topological polar surface area (TPSA) is 94.8 Å². The number of rotatable bonds is 3. The zero-order valence-corrected chi connectivity index (χ0v) is 14.0. The Bertz CT molecular complexity index is 949. The first-order valence-electron chi connectivity index (χ1n) is 7.14. The molecule has 7 heteroatoms. The minimum absolute atomic E-state index is 0.0621. The van der Waals surface area contributed by atoms with Crippen LogP contribution in [0.25, 0.3) is 22.0 Å². The molecule has 1 heterocycles. The number of aromatic amines is 1. The van der Waals surface area contributed by atoms with Gasteiger partial charge in [-0.3, -0.25) is 15.5 Å². The molecule has 0 aliphatic heterocycles. The number of nitrogens with two attached hydrogens (primary N) is 1. The molecule has 0 spiro atoms. The van der Waals surface area contributed by atoms with Crippen molar-refractivity contribution < 1.29 is 4.79 Å². The Hall–Kier alpha value is -2.50. The summed E-state index contributed by atoms with van der Waals surface area (Å²) < 4.78 is 0. The molecule has 0 unspecified atom stereocenters. The lowest BCUT2D eigenvalue weighted by Gasteiger charge is -2.11. The average Bonchev–Trinajstić information content (AvgIpc) is 2.95. The van der Waals surface area contributed by atoms with E-state index in [9.17, 15) is 4.79 Å². The summed E-state index contributed by atoms with van der Waals surface area (Å²) in [6.07, 6.45) is 1.81. The average molecular weight is 361 g/mol. The number of guanidine groups is 1. The molecule has 0 fully saturated rings. The van der Waals surface area contributed by atoms with Gasteiger partial charge in [-0.25, -0.2) is 0 Å². The summed E-state index contributed by atoms with van der Waals surface area (Å²) in [5.74, 6) is -0.859. The summed E-state index contributed by atoms with van der Waals surface area (Å²) in [4.78, 5) is 15.1. The fraction of sp³-hybridized carbons (Fsp3) is 0.0588. The van der Waals surface area contributed by atoms with E-state index in [0.29, 0.717) is 15.6 Å². The van der Waals surface area contributed by atoms with Crippen molar-refractivity contribution in [1.29, 1.82) is 5.41 Å². The SMILES string of the molecule is N=C(N)NC(=O)Cc1c(Cl)ccc(-c2c[nH]c3ccccc23)c1Cl. The minimum atomic E-state index is -0.442. The van der Waals surface area contributed by atoms with Gasteiger partial charge in [0.1, 0.15) is 0 Å². The number of H-pyrrole nitrogens is 1. The molecule has 1 amide bonds. The van der Waals surface area contributed by atoms with Gasteiger partial charge in [0.05, 0.1) is 11.4 Å². The smallest absolute Gasteiger partial charge is 0.231 e. The first kappa shape index (κ1) is 16.4. The molecule has 1 aromatic heterocycles. The molecule has 0 saturated carbocycles. The molecular formula is C17H14Cl2N4O. The van der Waals surface area contributed by atoms with Gasteiger partial charge in [-0.05, 0) is 17.7 Å². The van der Waals surface area contributed by atoms with Gasteiger partial charge in [-0.1, -0.05) is 47.5 Å². The first-order chi connectivity index (χ1) is 11.5. The predicted molar refractivity (Wildman–Crippen MR) is 97.5 cm³/mol. The van der Waals surface area contributed by atoms with Crippen molar-refractivity contribution in [1.82, 2.24) is 10.3 Å². The third-order valence-corrected chi connectivity index (χ3v) is 4.46. The van der Waals surface area contributed by atoms with Gasteiger partial charge in [-0.2, -0.15) is 0 Å². The second-order valence-corrected chi connectivity index (χ2v) is 6.06. The lowest BCUT2D eigenvalue weighted by Crippen LogP contribution is -2.36. The van der Waals surface area contributed by atoms with Crippen LogP contribution in [0.3, 0.4) is 0 Å². The number of halogens is 2. The molecular weight excluding hydrogens is 347 g/mol. The van der Waals surface area contributed by atoms with Crippen molar-refractivity contribution in [3.05, 3.63) is 58.2 Å². The summed E-state index contributed by atoms with van der Waals surface area (Å²) in [6, 6.07) is 11.4. The van der Waals surface area contributed by atoms with Crippen LogP contribution in [0.15, 0.2) is 42.6 Å². The number of carbonyl (C=O) groups excluding carboxylic acids is 1. The van der Waals surface area contributed by atoms with E-state index in [0.717, 1.165) is 22.0 Å². The Balaban J connectivity index is 2.06. The van der Waals surface area contributed by atoms with E-state index >= 15 is 0 Å². The second-order valence-electron chi connectivity index (χ2n) is 5.27. The molecule has 122 valence electrons. The minimum Gasteiger partial charge on any atom is -0.370 e. The number of amides is 1. The predicted octanol–water partition coefficient (Wildman–Crippen LogP) is 3.69. The highest BCUT2D eigenvalue weighted by Gasteiger charge is 2.17. The molecule has 0 saturated heterocycles. The fourth-order valence-electron chi connectivity index (χ4n) is 2.62. The van der Waals surface area contributed by atoms with E-state index in [-0.39, 0.29) is 6.42 Å². The second kappa shape index (κ2) is 6.55. The van der Waals surface area contributed by atoms with Gasteiger partial charge in [0, 0.05) is 33.2 Å². The highest BCUT2D eigenvalue weighted by atomic mass is 35.5. The molecule has 2 aromatic carbocycles. The van der Waals surface area contributed by atoms with Gasteiger partial charge < -0.3 is 10.7 Å². The highest BCUT2D eigenvalue weighted by Crippen LogP contribution is 2.38. The van der Waals surface area contributed by atoms with Gasteiger partial charge in [0.25, 0.3) is 0 Å². The largest absolute Gasteiger partial charge is 0.370 e. The molecule has 3 rings (SSSR count). The van der Waals surface area contributed by atoms with Crippen LogP contribution in [0.5, 0.6) is 0 Å². The Morgan fingerprint density at radius 2 is 1.92 bits per heavy atom. The van der Waals surface area contributed by atoms with Crippen LogP contribution in [0.1, 0.15) is 5.56 Å². The molecule has 0 aliphatic rings. The fourth-order valence-corrected chi connectivity index (χ4v) is 3.22. The van der Waals surface area contributed by atoms with Crippen LogP contribution in [0, 0.1) is 5.41 Å². The maximum absolute atomic E-state index is 11.9. The van der Waals surface area contributed by atoms with E-state index in [1.807, 2.05) is 36.5 Å². The number of hydrogen-bond donors (Lipinski definition) is 4. The van der Waals surface area contributed by atoms with Crippen LogP contribution >= 0.6 is 23.2 Å². The lowest BCUT2D eigenvalue weighted by atomic mass is 10.0. The quantitative estimate of drug-likeness (QED) is 0.423. The molecule has 0 atom stereocenters. The van der Waals surface area contributed by atoms with Crippen LogP contribution < -0.4 is 11.1 Å². The number of benzene rings is 2. The van der Waals surface area contributed by atoms with Gasteiger partial charge in [0.2, 0.25) is 5.91 Å². The summed E-state index contributed by atoms with van der Waals surface area (Å²) in [7, 11) is 0. The van der Waals surface area contributed by atoms with Crippen molar-refractivity contribution in [3.8, 4) is 11.1 Å². The van der Waals surface area contributed by atoms with E-state index in [1.165, 1.54) is 0 Å². The van der Waals surface area contributed by atoms with E-state index in [2.05, 4.69) is 10.3 Å². The van der Waals surface area contributed by atoms with Crippen molar-refractivity contribution in [2.45, 2.75) is 6.42 Å². The summed E-state index contributed by atoms with van der Waals surface area (Å²) in [5.41, 5.74) is 8.38. The Labute approximate surface area is 148 Å². The third-order valence-electron chi connectivity index (χ3n) is 3.68. The van der Waals surface area contributed by atoms with Crippen LogP contribution in [-0.4, -0.2) is 16.9 Å². The molecule has 5 N–H and O–H groups in total. The molecule has 0 aliphatic carbocycles. The van der Waals surface area contributed by atoms with Crippen molar-refractivity contribution in [3.63, 3.8) is 0 Å². The van der Waals surface area contributed by atoms with Gasteiger partial charge in [0.15, 0.2) is 5.96 Å². The Morgan fingerprint density at radius 3 is 2.67 bits per heavy atom. The molecule has 0 bridgehead atoms. The van der Waals surface area contributed by atoms with Crippen LogP contribution in [0.2, 0.25) is 10.0 Å². The number of carbonyl (C=O) groups is 1. The van der Waals surface area contributed by atoms with Crippen molar-refractivity contribution in [2.75, 3.05) is 0 Å². The molecule has 0 radical (unpaired) electrons. The van der Waals surface area contributed by atoms with E-state index < -0.39 is 11.9 Å². The molecule has 24 heavy (non-hydrogen) atoms. The maximum atomic E-state index is 11.9. The summed E-state index contributed by atoms with van der Waals surface area (Å²) in [6.45, 7) is 0. The summed E-state index contributed by atoms with van der Waals surface area (Å²) >= 11 is 12.7. The Morgan fingerprint density at radius 1 is 1.17 bits per heavy atom. The number of hydrogen-bond acceptors (Lipinski definition) is 2. The van der Waals surface area contributed by atoms with E-state index in [4.69, 9.17) is 34.3 Å². The highest BCUT2D eigenvalue weighted by molar-refractivity contribution is 6.38. The van der Waals surface area contributed by atoms with Crippen molar-refractivity contribution in [2.24, 2.45) is 5.73 Å². The maximum Gasteiger partial charge on any atom is 0.231 e. The van der Waals surface area contributed by atoms with E-state index in [1.54, 1.807) is 6.07 Å². The zero-order valence-electron chi connectivity index (χ0n) is 12.5. The van der Waals surface area contributed by atoms with Gasteiger partial charge in [-0.15, -0.1) is 0 Å². The summed E-state index contributed by atoms with van der Waals surface area (Å²) in [5, 5.41) is 11.2. The Kier molecular flexibility index (Phi) is 4.46. The first-order valence-corrected chi connectivity index (χ1v) is 7.90. The number of aromatic nitrogens is 1. The zero-order chi connectivity index (χ0) is 17.3. The monoisotopic (exact) mass is 360 g/mol. The third kappa shape index (κ3) is 3.09. The molecule has 5 nitrogen and oxygen atoms in total. The number of nitrogens with one attached hydrogen (secondary N) is 3. The van der Waals surface area contributed by atoms with Crippen molar-refractivity contribution >= 4 is 46.0 Å². The lowest BCUT2D eigenvalue weighted by molar-refractivity contribution is -0.119. The number of fused-ring (bicyclic) bond motifs is 1. The van der Waals surface area contributed by atoms with Gasteiger partial charge >= 0.3 is 0 Å². The van der Waals surface area contributed by atoms with Crippen LogP contribution in [0.4, 0.5) is 0 Å². The normalized spacial score (nSPS) is 10.8. The van der Waals surface area contributed by atoms with Crippen LogP contribution in [-0.2, 0) is 11.2 Å². The standard InChI is InChI=1S/C17H14Cl2N4O/c18-13-6-5-10(12-8-22-14-4-2-1-3-9(12)14)16(19)11(13)7-15(24)23-17(20)21/h1-6,8,22H,7H2,(H4,20,21,23,24).